The number of para-hydroxylation sites is 1. The van der Waals surface area contributed by atoms with Gasteiger partial charge in [0.2, 0.25) is 21.8 Å². The Morgan fingerprint density at radius 1 is 1.09 bits per heavy atom. The molecule has 0 saturated carbocycles. The molecule has 2 aromatic rings. The van der Waals surface area contributed by atoms with Crippen LogP contribution >= 0.6 is 0 Å². The lowest BCUT2D eigenvalue weighted by molar-refractivity contribution is -0.122. The number of methoxy groups -OCH3 is 1. The van der Waals surface area contributed by atoms with E-state index < -0.39 is 10.0 Å². The third-order valence-electron chi connectivity index (χ3n) is 6.68. The summed E-state index contributed by atoms with van der Waals surface area (Å²) in [7, 11) is -2.01. The molecule has 182 valence electrons. The maximum Gasteiger partial charge on any atom is 0.243 e. The monoisotopic (exact) mass is 485 g/mol. The second kappa shape index (κ2) is 10.1. The quantitative estimate of drug-likeness (QED) is 0.651. The molecular weight excluding hydrogens is 454 g/mol. The first-order chi connectivity index (χ1) is 16.3. The Balaban J connectivity index is 1.31. The van der Waals surface area contributed by atoms with Gasteiger partial charge in [0.25, 0.3) is 0 Å². The Labute approximate surface area is 200 Å². The number of hydrogen-bond acceptors (Lipinski definition) is 5. The van der Waals surface area contributed by atoms with Gasteiger partial charge in [-0.3, -0.25) is 9.59 Å². The maximum absolute atomic E-state index is 13.2. The lowest BCUT2D eigenvalue weighted by Crippen LogP contribution is -2.39. The molecule has 1 N–H and O–H groups in total. The summed E-state index contributed by atoms with van der Waals surface area (Å²) in [6.07, 6.45) is 2.32. The number of carbonyl (C=O) groups excluding carboxylic acids is 2. The van der Waals surface area contributed by atoms with Crippen molar-refractivity contribution in [3.8, 4) is 5.75 Å². The van der Waals surface area contributed by atoms with Crippen molar-refractivity contribution in [2.45, 2.75) is 44.0 Å². The third kappa shape index (κ3) is 5.10. The van der Waals surface area contributed by atoms with Crippen molar-refractivity contribution in [1.29, 1.82) is 0 Å². The topological polar surface area (TPSA) is 96.0 Å². The van der Waals surface area contributed by atoms with Crippen LogP contribution in [-0.4, -0.2) is 51.3 Å². The molecule has 1 saturated heterocycles. The van der Waals surface area contributed by atoms with Crippen molar-refractivity contribution < 1.29 is 22.7 Å². The van der Waals surface area contributed by atoms with E-state index in [4.69, 9.17) is 4.74 Å². The fourth-order valence-electron chi connectivity index (χ4n) is 4.75. The van der Waals surface area contributed by atoms with E-state index in [2.05, 4.69) is 5.32 Å². The summed E-state index contributed by atoms with van der Waals surface area (Å²) in [6, 6.07) is 12.6. The van der Waals surface area contributed by atoms with Crippen LogP contribution in [0.3, 0.4) is 0 Å². The van der Waals surface area contributed by atoms with Crippen LogP contribution < -0.4 is 15.0 Å². The van der Waals surface area contributed by atoms with Gasteiger partial charge in [-0.15, -0.1) is 0 Å². The number of hydrogen-bond donors (Lipinski definition) is 1. The second-order valence-corrected chi connectivity index (χ2v) is 10.8. The van der Waals surface area contributed by atoms with Crippen molar-refractivity contribution in [2.75, 3.05) is 31.6 Å². The highest BCUT2D eigenvalue weighted by Crippen LogP contribution is 2.32. The van der Waals surface area contributed by atoms with Gasteiger partial charge in [-0.1, -0.05) is 18.2 Å². The summed E-state index contributed by atoms with van der Waals surface area (Å²) in [4.78, 5) is 26.2. The van der Waals surface area contributed by atoms with Gasteiger partial charge >= 0.3 is 0 Å². The van der Waals surface area contributed by atoms with Crippen molar-refractivity contribution in [3.05, 3.63) is 53.6 Å². The van der Waals surface area contributed by atoms with Crippen molar-refractivity contribution in [2.24, 2.45) is 5.92 Å². The molecule has 2 aliphatic heterocycles. The highest BCUT2D eigenvalue weighted by Gasteiger charge is 2.32. The third-order valence-corrected chi connectivity index (χ3v) is 8.58. The molecule has 2 aliphatic rings. The zero-order chi connectivity index (χ0) is 24.3. The van der Waals surface area contributed by atoms with Crippen molar-refractivity contribution in [1.82, 2.24) is 9.62 Å². The number of piperidine rings is 1. The summed E-state index contributed by atoms with van der Waals surface area (Å²) in [6.45, 7) is 3.28. The van der Waals surface area contributed by atoms with Crippen LogP contribution in [0.15, 0.2) is 47.4 Å². The number of nitrogens with zero attached hydrogens (tertiary/aromatic N) is 2. The molecule has 8 nitrogen and oxygen atoms in total. The van der Waals surface area contributed by atoms with Gasteiger partial charge in [-0.25, -0.2) is 8.42 Å². The number of ether oxygens (including phenoxy) is 1. The lowest BCUT2D eigenvalue weighted by atomic mass is 9.94. The van der Waals surface area contributed by atoms with E-state index >= 15 is 0 Å². The number of rotatable bonds is 7. The van der Waals surface area contributed by atoms with Crippen molar-refractivity contribution in [3.63, 3.8) is 0 Å². The van der Waals surface area contributed by atoms with E-state index in [1.54, 1.807) is 30.2 Å². The van der Waals surface area contributed by atoms with Gasteiger partial charge in [-0.2, -0.15) is 4.31 Å². The molecular formula is C25H31N3O5S. The molecule has 0 aromatic heterocycles. The summed E-state index contributed by atoms with van der Waals surface area (Å²) in [5.41, 5.74) is 2.60. The van der Waals surface area contributed by atoms with Crippen LogP contribution in [0.2, 0.25) is 0 Å². The average molecular weight is 486 g/mol. The van der Waals surface area contributed by atoms with Gasteiger partial charge in [0.1, 0.15) is 5.75 Å². The van der Waals surface area contributed by atoms with E-state index in [0.29, 0.717) is 51.9 Å². The van der Waals surface area contributed by atoms with E-state index in [1.165, 1.54) is 11.2 Å². The Morgan fingerprint density at radius 2 is 1.82 bits per heavy atom. The highest BCUT2D eigenvalue weighted by molar-refractivity contribution is 7.89. The van der Waals surface area contributed by atoms with E-state index in [1.807, 2.05) is 24.3 Å². The van der Waals surface area contributed by atoms with Crippen LogP contribution in [-0.2, 0) is 32.6 Å². The molecule has 4 rings (SSSR count). The first-order valence-corrected chi connectivity index (χ1v) is 13.0. The largest absolute Gasteiger partial charge is 0.496 e. The number of sulfonamides is 1. The minimum atomic E-state index is -3.61. The number of fused-ring (bicyclic) bond motifs is 1. The number of anilines is 1. The van der Waals surface area contributed by atoms with Gasteiger partial charge in [0, 0.05) is 50.8 Å². The Kier molecular flexibility index (Phi) is 7.23. The Morgan fingerprint density at radius 3 is 2.53 bits per heavy atom. The van der Waals surface area contributed by atoms with Crippen LogP contribution in [0.4, 0.5) is 5.69 Å². The molecule has 1 fully saturated rings. The number of benzene rings is 2. The summed E-state index contributed by atoms with van der Waals surface area (Å²) >= 11 is 0. The maximum atomic E-state index is 13.2. The highest BCUT2D eigenvalue weighted by atomic mass is 32.2. The van der Waals surface area contributed by atoms with Gasteiger partial charge in [0.15, 0.2) is 0 Å². The van der Waals surface area contributed by atoms with Crippen molar-refractivity contribution >= 4 is 27.5 Å². The number of carbonyl (C=O) groups is 2. The minimum Gasteiger partial charge on any atom is -0.496 e. The SMILES string of the molecule is COc1ccccc1CNC(=O)CC1CCN(S(=O)(=O)c2ccc3c(c2)CCN3C(C)=O)CC1. The van der Waals surface area contributed by atoms with E-state index in [9.17, 15) is 18.0 Å². The second-order valence-electron chi connectivity index (χ2n) is 8.85. The predicted octanol–water partition coefficient (Wildman–Crippen LogP) is 2.71. The van der Waals surface area contributed by atoms with Gasteiger partial charge in [0.05, 0.1) is 12.0 Å². The molecule has 0 aliphatic carbocycles. The van der Waals surface area contributed by atoms with E-state index in [-0.39, 0.29) is 22.6 Å². The standard InChI is InChI=1S/C25H31N3O5S/c1-18(29)28-14-11-20-16-22(7-8-23(20)28)34(31,32)27-12-9-19(10-13-27)15-25(30)26-17-21-5-3-4-6-24(21)33-2/h3-8,16,19H,9-15,17H2,1-2H3,(H,26,30). The Hall–Kier alpha value is -2.91. The first kappa shape index (κ1) is 24.2. The zero-order valence-electron chi connectivity index (χ0n) is 19.6. The number of amides is 2. The molecule has 0 unspecified atom stereocenters. The van der Waals surface area contributed by atoms with Gasteiger partial charge < -0.3 is 15.0 Å². The molecule has 9 heteroatoms. The number of nitrogens with one attached hydrogen (secondary N) is 1. The predicted molar refractivity (Wildman–Crippen MR) is 129 cm³/mol. The average Bonchev–Trinajstić information content (AvgIpc) is 3.27. The normalized spacial score (nSPS) is 16.8. The van der Waals surface area contributed by atoms with Crippen LogP contribution in [0, 0.1) is 5.92 Å². The summed E-state index contributed by atoms with van der Waals surface area (Å²) in [5, 5.41) is 2.94. The molecule has 34 heavy (non-hydrogen) atoms. The molecule has 2 amide bonds. The molecule has 0 spiro atoms. The molecule has 0 atom stereocenters. The fourth-order valence-corrected chi connectivity index (χ4v) is 6.27. The molecule has 2 heterocycles. The molecule has 0 radical (unpaired) electrons. The smallest absolute Gasteiger partial charge is 0.243 e. The lowest BCUT2D eigenvalue weighted by Gasteiger charge is -2.31. The van der Waals surface area contributed by atoms with Crippen LogP contribution in [0.5, 0.6) is 5.75 Å². The summed E-state index contributed by atoms with van der Waals surface area (Å²) < 4.78 is 33.2. The van der Waals surface area contributed by atoms with Gasteiger partial charge in [-0.05, 0) is 55.0 Å². The Bertz CT molecular complexity index is 1170. The molecule has 2 aromatic carbocycles. The zero-order valence-corrected chi connectivity index (χ0v) is 20.4. The van der Waals surface area contributed by atoms with Crippen LogP contribution in [0.25, 0.3) is 0 Å². The summed E-state index contributed by atoms with van der Waals surface area (Å²) in [5.74, 6) is 0.805. The minimum absolute atomic E-state index is 0.0385. The fraction of sp³-hybridized carbons (Fsp3) is 0.440. The first-order valence-electron chi connectivity index (χ1n) is 11.6. The van der Waals surface area contributed by atoms with E-state index in [0.717, 1.165) is 22.6 Å². The van der Waals surface area contributed by atoms with Crippen LogP contribution in [0.1, 0.15) is 37.3 Å². The molecule has 0 bridgehead atoms.